The summed E-state index contributed by atoms with van der Waals surface area (Å²) in [6.07, 6.45) is 0. The van der Waals surface area contributed by atoms with Gasteiger partial charge in [-0.1, -0.05) is 13.0 Å². The van der Waals surface area contributed by atoms with Gasteiger partial charge in [0, 0.05) is 19.0 Å². The van der Waals surface area contributed by atoms with Gasteiger partial charge in [0.1, 0.15) is 0 Å². The van der Waals surface area contributed by atoms with Crippen LogP contribution in [0.4, 0.5) is 0 Å². The van der Waals surface area contributed by atoms with Crippen LogP contribution < -0.4 is 0 Å². The third-order valence-electron chi connectivity index (χ3n) is 4.33. The lowest BCUT2D eigenvalue weighted by Gasteiger charge is -2.30. The number of aliphatic hydroxyl groups is 2. The summed E-state index contributed by atoms with van der Waals surface area (Å²) >= 11 is 0. The minimum Gasteiger partial charge on any atom is -0.396 e. The SMILES string of the molecule is Cc1cc(C)c(C)c(S(=O)(=O)N(C)CC(C)(CO)CO)c1C. The molecule has 0 atom stereocenters. The van der Waals surface area contributed by atoms with E-state index in [2.05, 4.69) is 0 Å². The summed E-state index contributed by atoms with van der Waals surface area (Å²) in [5, 5.41) is 18.8. The fraction of sp³-hybridized carbons (Fsp3) is 0.625. The van der Waals surface area contributed by atoms with Gasteiger partial charge in [0.25, 0.3) is 0 Å². The van der Waals surface area contributed by atoms with Crippen LogP contribution in [0.5, 0.6) is 0 Å². The largest absolute Gasteiger partial charge is 0.396 e. The molecule has 0 heterocycles. The Bertz CT molecular complexity index is 622. The average molecular weight is 329 g/mol. The molecule has 0 spiro atoms. The molecule has 0 amide bonds. The van der Waals surface area contributed by atoms with E-state index in [0.29, 0.717) is 4.90 Å². The summed E-state index contributed by atoms with van der Waals surface area (Å²) in [4.78, 5) is 0.325. The van der Waals surface area contributed by atoms with E-state index in [1.165, 1.54) is 11.4 Å². The van der Waals surface area contributed by atoms with Gasteiger partial charge in [0.05, 0.1) is 18.1 Å². The predicted octanol–water partition coefficient (Wildman–Crippen LogP) is 1.53. The van der Waals surface area contributed by atoms with Gasteiger partial charge in [-0.2, -0.15) is 0 Å². The van der Waals surface area contributed by atoms with Crippen LogP contribution in [-0.4, -0.2) is 49.7 Å². The molecule has 0 aromatic heterocycles. The van der Waals surface area contributed by atoms with Crippen molar-refractivity contribution in [3.05, 3.63) is 28.3 Å². The molecule has 6 heteroatoms. The molecule has 1 aromatic carbocycles. The van der Waals surface area contributed by atoms with E-state index >= 15 is 0 Å². The smallest absolute Gasteiger partial charge is 0.243 e. The fourth-order valence-corrected chi connectivity index (χ4v) is 4.39. The molecule has 0 aliphatic heterocycles. The van der Waals surface area contributed by atoms with Gasteiger partial charge in [0.15, 0.2) is 0 Å². The Labute approximate surface area is 133 Å². The molecule has 0 aliphatic rings. The molecule has 2 N–H and O–H groups in total. The van der Waals surface area contributed by atoms with Crippen molar-refractivity contribution < 1.29 is 18.6 Å². The number of nitrogens with zero attached hydrogens (tertiary/aromatic N) is 1. The first-order valence-corrected chi connectivity index (χ1v) is 8.69. The highest BCUT2D eigenvalue weighted by atomic mass is 32.2. The lowest BCUT2D eigenvalue weighted by molar-refractivity contribution is 0.0577. The predicted molar refractivity (Wildman–Crippen MR) is 87.5 cm³/mol. The molecular weight excluding hydrogens is 302 g/mol. The third kappa shape index (κ3) is 3.51. The highest BCUT2D eigenvalue weighted by molar-refractivity contribution is 7.89. The standard InChI is InChI=1S/C16H27NO4S/c1-11-7-12(2)14(4)15(13(11)3)22(20,21)17(6)8-16(5,9-18)10-19/h7,18-19H,8-10H2,1-6H3. The number of hydrogen-bond acceptors (Lipinski definition) is 4. The number of sulfonamides is 1. The van der Waals surface area contributed by atoms with Gasteiger partial charge in [-0.05, 0) is 49.9 Å². The van der Waals surface area contributed by atoms with E-state index < -0.39 is 15.4 Å². The summed E-state index contributed by atoms with van der Waals surface area (Å²) in [5.74, 6) is 0. The Kier molecular flexibility index (Phi) is 5.78. The Morgan fingerprint density at radius 3 is 1.82 bits per heavy atom. The molecular formula is C16H27NO4S. The van der Waals surface area contributed by atoms with Gasteiger partial charge in [-0.3, -0.25) is 0 Å². The van der Waals surface area contributed by atoms with Crippen LogP contribution >= 0.6 is 0 Å². The summed E-state index contributed by atoms with van der Waals surface area (Å²) < 4.78 is 27.1. The first-order valence-electron chi connectivity index (χ1n) is 7.25. The maximum Gasteiger partial charge on any atom is 0.243 e. The summed E-state index contributed by atoms with van der Waals surface area (Å²) in [7, 11) is -2.21. The lowest BCUT2D eigenvalue weighted by atomic mass is 9.93. The second-order valence-electron chi connectivity index (χ2n) is 6.48. The Hall–Kier alpha value is -0.950. The minimum absolute atomic E-state index is 0.0498. The zero-order chi connectivity index (χ0) is 17.3. The number of aryl methyl sites for hydroxylation is 2. The maximum absolute atomic E-state index is 13.0. The summed E-state index contributed by atoms with van der Waals surface area (Å²) in [6, 6.07) is 1.98. The Morgan fingerprint density at radius 1 is 1.05 bits per heavy atom. The summed E-state index contributed by atoms with van der Waals surface area (Å²) in [5.41, 5.74) is 2.47. The maximum atomic E-state index is 13.0. The Balaban J connectivity index is 3.37. The second-order valence-corrected chi connectivity index (χ2v) is 8.46. The van der Waals surface area contributed by atoms with Crippen LogP contribution in [0.15, 0.2) is 11.0 Å². The average Bonchev–Trinajstić information content (AvgIpc) is 2.45. The van der Waals surface area contributed by atoms with Crippen LogP contribution in [0.3, 0.4) is 0 Å². The van der Waals surface area contributed by atoms with E-state index in [1.54, 1.807) is 20.8 Å². The van der Waals surface area contributed by atoms with Crippen molar-refractivity contribution in [1.29, 1.82) is 0 Å². The van der Waals surface area contributed by atoms with E-state index in [-0.39, 0.29) is 19.8 Å². The van der Waals surface area contributed by atoms with E-state index in [9.17, 15) is 18.6 Å². The normalized spacial score (nSPS) is 13.0. The van der Waals surface area contributed by atoms with Crippen molar-refractivity contribution >= 4 is 10.0 Å². The molecule has 22 heavy (non-hydrogen) atoms. The van der Waals surface area contributed by atoms with Crippen LogP contribution in [-0.2, 0) is 10.0 Å². The van der Waals surface area contributed by atoms with Crippen molar-refractivity contribution in [1.82, 2.24) is 4.31 Å². The zero-order valence-electron chi connectivity index (χ0n) is 14.3. The van der Waals surface area contributed by atoms with Crippen LogP contribution in [0, 0.1) is 33.1 Å². The van der Waals surface area contributed by atoms with Crippen LogP contribution in [0.1, 0.15) is 29.2 Å². The summed E-state index contributed by atoms with van der Waals surface area (Å²) in [6.45, 7) is 8.54. The van der Waals surface area contributed by atoms with Crippen molar-refractivity contribution in [2.45, 2.75) is 39.5 Å². The molecule has 0 radical (unpaired) electrons. The monoisotopic (exact) mass is 329 g/mol. The van der Waals surface area contributed by atoms with Crippen molar-refractivity contribution in [2.75, 3.05) is 26.8 Å². The van der Waals surface area contributed by atoms with Gasteiger partial charge < -0.3 is 10.2 Å². The number of hydrogen-bond donors (Lipinski definition) is 2. The minimum atomic E-state index is -3.69. The van der Waals surface area contributed by atoms with Gasteiger partial charge in [-0.15, -0.1) is 0 Å². The highest BCUT2D eigenvalue weighted by Gasteiger charge is 2.32. The molecule has 0 unspecified atom stereocenters. The zero-order valence-corrected chi connectivity index (χ0v) is 15.1. The number of benzene rings is 1. The number of rotatable bonds is 6. The number of aliphatic hydroxyl groups excluding tert-OH is 2. The van der Waals surface area contributed by atoms with E-state index in [4.69, 9.17) is 0 Å². The topological polar surface area (TPSA) is 77.8 Å². The molecule has 0 saturated heterocycles. The van der Waals surface area contributed by atoms with Crippen molar-refractivity contribution in [3.8, 4) is 0 Å². The molecule has 0 fully saturated rings. The first kappa shape index (κ1) is 19.1. The second kappa shape index (κ2) is 6.66. The van der Waals surface area contributed by atoms with Gasteiger partial charge >= 0.3 is 0 Å². The van der Waals surface area contributed by atoms with Crippen molar-refractivity contribution in [3.63, 3.8) is 0 Å². The fourth-order valence-electron chi connectivity index (χ4n) is 2.50. The molecule has 1 aromatic rings. The lowest BCUT2D eigenvalue weighted by Crippen LogP contribution is -2.42. The molecule has 0 aliphatic carbocycles. The molecule has 0 bridgehead atoms. The van der Waals surface area contributed by atoms with Gasteiger partial charge in [0.2, 0.25) is 10.0 Å². The van der Waals surface area contributed by atoms with E-state index in [1.807, 2.05) is 19.9 Å². The van der Waals surface area contributed by atoms with E-state index in [0.717, 1.165) is 22.3 Å². The van der Waals surface area contributed by atoms with Crippen LogP contribution in [0.25, 0.3) is 0 Å². The van der Waals surface area contributed by atoms with Gasteiger partial charge in [-0.25, -0.2) is 12.7 Å². The van der Waals surface area contributed by atoms with Crippen molar-refractivity contribution in [2.24, 2.45) is 5.41 Å². The molecule has 5 nitrogen and oxygen atoms in total. The first-order chi connectivity index (χ1) is 10.00. The third-order valence-corrected chi connectivity index (χ3v) is 6.41. The quantitative estimate of drug-likeness (QED) is 0.830. The van der Waals surface area contributed by atoms with Crippen LogP contribution in [0.2, 0.25) is 0 Å². The molecule has 1 rings (SSSR count). The highest BCUT2D eigenvalue weighted by Crippen LogP contribution is 2.29. The molecule has 0 saturated carbocycles. The molecule has 126 valence electrons. The Morgan fingerprint density at radius 2 is 1.45 bits per heavy atom.